The molecule has 2 heterocycles. The molecule has 3 N–H and O–H groups in total. The van der Waals surface area contributed by atoms with Gasteiger partial charge in [0, 0.05) is 29.9 Å². The van der Waals surface area contributed by atoms with E-state index in [2.05, 4.69) is 20.1 Å². The Labute approximate surface area is 214 Å². The fraction of sp³-hybridized carbons (Fsp3) is 0.167. The number of ether oxygens (including phenoxy) is 1. The number of nitrogens with zero attached hydrogens (tertiary/aromatic N) is 2. The van der Waals surface area contributed by atoms with Crippen LogP contribution in [0.2, 0.25) is 0 Å². The highest BCUT2D eigenvalue weighted by molar-refractivity contribution is 5.92. The maximum absolute atomic E-state index is 13.2. The first-order valence-corrected chi connectivity index (χ1v) is 11.0. The Morgan fingerprint density at radius 1 is 1.00 bits per heavy atom. The second-order valence-corrected chi connectivity index (χ2v) is 8.10. The topological polar surface area (TPSA) is 122 Å². The third-order valence-corrected chi connectivity index (χ3v) is 5.40. The van der Waals surface area contributed by atoms with Gasteiger partial charge >= 0.3 is 18.2 Å². The molecule has 39 heavy (non-hydrogen) atoms. The van der Waals surface area contributed by atoms with Crippen molar-refractivity contribution in [3.8, 4) is 16.9 Å². The number of aromatic amines is 2. The monoisotopic (exact) mass is 553 g/mol. The van der Waals surface area contributed by atoms with E-state index >= 15 is 0 Å². The van der Waals surface area contributed by atoms with E-state index in [1.807, 2.05) is 5.10 Å². The SMILES string of the molecule is O=C(NCc1ccc(-c2c[nH]nc2C(F)(F)F)cc1OC(F)(F)F)c1cc(=O)n(Cc2ccccc2)c(=O)[nH]1. The Morgan fingerprint density at radius 3 is 2.36 bits per heavy atom. The molecule has 0 bridgehead atoms. The zero-order valence-corrected chi connectivity index (χ0v) is 19.5. The van der Waals surface area contributed by atoms with Crippen LogP contribution in [-0.4, -0.2) is 32.0 Å². The van der Waals surface area contributed by atoms with Crippen molar-refractivity contribution in [2.75, 3.05) is 0 Å². The largest absolute Gasteiger partial charge is 0.573 e. The molecular formula is C24H17F6N5O4. The molecule has 0 fully saturated rings. The molecule has 0 radical (unpaired) electrons. The normalized spacial score (nSPS) is 11.8. The van der Waals surface area contributed by atoms with Gasteiger partial charge in [-0.3, -0.25) is 19.3 Å². The first-order chi connectivity index (χ1) is 18.3. The molecule has 1 amide bonds. The number of rotatable bonds is 7. The van der Waals surface area contributed by atoms with E-state index in [1.54, 1.807) is 30.3 Å². The molecule has 4 aromatic rings. The van der Waals surface area contributed by atoms with Gasteiger partial charge in [0.2, 0.25) is 0 Å². The van der Waals surface area contributed by atoms with Crippen molar-refractivity contribution in [1.82, 2.24) is 25.1 Å². The molecule has 4 rings (SSSR count). The van der Waals surface area contributed by atoms with Crippen molar-refractivity contribution in [2.45, 2.75) is 25.6 Å². The zero-order chi connectivity index (χ0) is 28.4. The van der Waals surface area contributed by atoms with Gasteiger partial charge in [-0.05, 0) is 17.2 Å². The van der Waals surface area contributed by atoms with Crippen molar-refractivity contribution in [3.05, 3.63) is 104 Å². The maximum Gasteiger partial charge on any atom is 0.573 e. The number of amides is 1. The predicted molar refractivity (Wildman–Crippen MR) is 124 cm³/mol. The second-order valence-electron chi connectivity index (χ2n) is 8.10. The Bertz CT molecular complexity index is 1570. The van der Waals surface area contributed by atoms with Crippen LogP contribution in [0.1, 0.15) is 27.3 Å². The lowest BCUT2D eigenvalue weighted by Gasteiger charge is -2.16. The third-order valence-electron chi connectivity index (χ3n) is 5.40. The van der Waals surface area contributed by atoms with E-state index in [0.29, 0.717) is 5.56 Å². The highest BCUT2D eigenvalue weighted by Gasteiger charge is 2.37. The average Bonchev–Trinajstić information content (AvgIpc) is 3.36. The van der Waals surface area contributed by atoms with Crippen molar-refractivity contribution in [1.29, 1.82) is 0 Å². The second kappa shape index (κ2) is 10.5. The molecule has 0 saturated carbocycles. The summed E-state index contributed by atoms with van der Waals surface area (Å²) in [7, 11) is 0. The fourth-order valence-electron chi connectivity index (χ4n) is 3.64. The predicted octanol–water partition coefficient (Wildman–Crippen LogP) is 3.82. The summed E-state index contributed by atoms with van der Waals surface area (Å²) in [5.74, 6) is -1.87. The molecule has 0 aliphatic carbocycles. The van der Waals surface area contributed by atoms with Crippen LogP contribution in [0.5, 0.6) is 5.75 Å². The summed E-state index contributed by atoms with van der Waals surface area (Å²) in [5.41, 5.74) is -3.86. The molecule has 0 atom stereocenters. The van der Waals surface area contributed by atoms with Crippen LogP contribution in [0.25, 0.3) is 11.1 Å². The van der Waals surface area contributed by atoms with Crippen LogP contribution >= 0.6 is 0 Å². The van der Waals surface area contributed by atoms with Gasteiger partial charge in [-0.15, -0.1) is 13.2 Å². The number of aromatic nitrogens is 4. The fourth-order valence-corrected chi connectivity index (χ4v) is 3.64. The Morgan fingerprint density at radius 2 is 1.72 bits per heavy atom. The first-order valence-electron chi connectivity index (χ1n) is 11.0. The summed E-state index contributed by atoms with van der Waals surface area (Å²) >= 11 is 0. The summed E-state index contributed by atoms with van der Waals surface area (Å²) in [6.45, 7) is -0.648. The molecule has 2 aromatic heterocycles. The van der Waals surface area contributed by atoms with Gasteiger partial charge in [0.05, 0.1) is 6.54 Å². The summed E-state index contributed by atoms with van der Waals surface area (Å²) in [6.07, 6.45) is -9.21. The van der Waals surface area contributed by atoms with Gasteiger partial charge in [0.15, 0.2) is 5.69 Å². The first kappa shape index (κ1) is 27.2. The van der Waals surface area contributed by atoms with E-state index in [4.69, 9.17) is 0 Å². The van der Waals surface area contributed by atoms with E-state index in [9.17, 15) is 40.7 Å². The number of halogens is 6. The molecule has 2 aromatic carbocycles. The van der Waals surface area contributed by atoms with Gasteiger partial charge in [0.25, 0.3) is 11.5 Å². The van der Waals surface area contributed by atoms with E-state index in [1.165, 1.54) is 0 Å². The number of hydrogen-bond acceptors (Lipinski definition) is 5. The van der Waals surface area contributed by atoms with Crippen LogP contribution in [0.15, 0.2) is 70.4 Å². The number of benzene rings is 2. The lowest BCUT2D eigenvalue weighted by molar-refractivity contribution is -0.274. The number of H-pyrrole nitrogens is 2. The molecule has 0 spiro atoms. The minimum Gasteiger partial charge on any atom is -0.405 e. The van der Waals surface area contributed by atoms with Gasteiger partial charge in [-0.1, -0.05) is 42.5 Å². The smallest absolute Gasteiger partial charge is 0.405 e. The number of carbonyl (C=O) groups excluding carboxylic acids is 1. The van der Waals surface area contributed by atoms with Crippen molar-refractivity contribution in [3.63, 3.8) is 0 Å². The summed E-state index contributed by atoms with van der Waals surface area (Å²) in [5, 5.41) is 7.38. The standard InChI is InChI=1S/C24H17F6N5O4/c25-23(26,27)20-16(11-32-34-20)14-6-7-15(18(8-14)39-24(28,29)30)10-31-21(37)17-9-19(36)35(22(38)33-17)12-13-4-2-1-3-5-13/h1-9,11H,10,12H2,(H,31,37)(H,32,34)(H,33,38). The van der Waals surface area contributed by atoms with Crippen molar-refractivity contribution < 1.29 is 35.9 Å². The molecule has 9 nitrogen and oxygen atoms in total. The minimum atomic E-state index is -5.20. The molecule has 0 unspecified atom stereocenters. The lowest BCUT2D eigenvalue weighted by atomic mass is 10.0. The Balaban J connectivity index is 1.57. The summed E-state index contributed by atoms with van der Waals surface area (Å²) < 4.78 is 83.5. The summed E-state index contributed by atoms with van der Waals surface area (Å²) in [4.78, 5) is 39.6. The number of carbonyl (C=O) groups is 1. The molecular weight excluding hydrogens is 536 g/mol. The highest BCUT2D eigenvalue weighted by Crippen LogP contribution is 2.38. The average molecular weight is 553 g/mol. The van der Waals surface area contributed by atoms with E-state index in [0.717, 1.165) is 35.0 Å². The minimum absolute atomic E-state index is 0.0614. The Hall–Kier alpha value is -4.82. The van der Waals surface area contributed by atoms with Crippen LogP contribution in [0, 0.1) is 0 Å². The van der Waals surface area contributed by atoms with Gasteiger partial charge < -0.3 is 15.0 Å². The quantitative estimate of drug-likeness (QED) is 0.301. The van der Waals surface area contributed by atoms with Gasteiger partial charge in [-0.25, -0.2) is 4.79 Å². The van der Waals surface area contributed by atoms with Crippen LogP contribution < -0.4 is 21.3 Å². The van der Waals surface area contributed by atoms with Gasteiger partial charge in [-0.2, -0.15) is 18.3 Å². The molecule has 15 heteroatoms. The molecule has 204 valence electrons. The van der Waals surface area contributed by atoms with E-state index < -0.39 is 58.9 Å². The number of alkyl halides is 6. The zero-order valence-electron chi connectivity index (χ0n) is 19.5. The van der Waals surface area contributed by atoms with Crippen LogP contribution in [-0.2, 0) is 19.3 Å². The lowest BCUT2D eigenvalue weighted by Crippen LogP contribution is -2.38. The highest BCUT2D eigenvalue weighted by atomic mass is 19.4. The molecule has 0 aliphatic rings. The maximum atomic E-state index is 13.2. The Kier molecular flexibility index (Phi) is 7.34. The van der Waals surface area contributed by atoms with Crippen molar-refractivity contribution >= 4 is 5.91 Å². The number of hydrogen-bond donors (Lipinski definition) is 3. The van der Waals surface area contributed by atoms with Crippen LogP contribution in [0.3, 0.4) is 0 Å². The number of nitrogens with one attached hydrogen (secondary N) is 3. The third kappa shape index (κ3) is 6.55. The van der Waals surface area contributed by atoms with Gasteiger partial charge in [0.1, 0.15) is 11.4 Å². The summed E-state index contributed by atoms with van der Waals surface area (Å²) in [6, 6.07) is 12.3. The van der Waals surface area contributed by atoms with Crippen molar-refractivity contribution in [2.24, 2.45) is 0 Å². The van der Waals surface area contributed by atoms with E-state index in [-0.39, 0.29) is 17.7 Å². The van der Waals surface area contributed by atoms with Crippen LogP contribution in [0.4, 0.5) is 26.3 Å². The molecule has 0 saturated heterocycles. The molecule has 0 aliphatic heterocycles.